The lowest BCUT2D eigenvalue weighted by molar-refractivity contribution is -0.137. The molecular formula is C33H32F3N3O2. The van der Waals surface area contributed by atoms with Gasteiger partial charge in [-0.2, -0.15) is 13.2 Å². The number of carbonyl (C=O) groups is 2. The molecule has 0 bridgehead atoms. The number of halogens is 3. The number of ketones is 1. The number of benzene rings is 2. The number of amides is 1. The molecule has 1 fully saturated rings. The van der Waals surface area contributed by atoms with Crippen LogP contribution in [0.1, 0.15) is 76.6 Å². The molecule has 1 aliphatic rings. The zero-order chi connectivity index (χ0) is 29.1. The number of alkyl halides is 3. The summed E-state index contributed by atoms with van der Waals surface area (Å²) in [5, 5.41) is 0.498. The Balaban J connectivity index is 1.63. The Labute approximate surface area is 237 Å². The van der Waals surface area contributed by atoms with E-state index in [1.165, 1.54) is 30.6 Å². The Morgan fingerprint density at radius 2 is 1.76 bits per heavy atom. The largest absolute Gasteiger partial charge is 0.417 e. The topological polar surface area (TPSA) is 63.2 Å². The third-order valence-electron chi connectivity index (χ3n) is 7.61. The van der Waals surface area contributed by atoms with E-state index in [2.05, 4.69) is 9.97 Å². The predicted molar refractivity (Wildman–Crippen MR) is 153 cm³/mol. The molecule has 0 unspecified atom stereocenters. The van der Waals surface area contributed by atoms with Crippen LogP contribution >= 0.6 is 0 Å². The fourth-order valence-corrected chi connectivity index (χ4v) is 5.06. The molecule has 0 aliphatic heterocycles. The molecule has 0 saturated heterocycles. The number of fused-ring (bicyclic) bond motifs is 1. The van der Waals surface area contributed by atoms with Gasteiger partial charge in [0.05, 0.1) is 11.1 Å². The summed E-state index contributed by atoms with van der Waals surface area (Å²) in [4.78, 5) is 36.2. The van der Waals surface area contributed by atoms with E-state index in [1.54, 1.807) is 11.9 Å². The fourth-order valence-electron chi connectivity index (χ4n) is 5.06. The number of unbranched alkanes of at least 4 members (excludes halogenated alkanes) is 1. The van der Waals surface area contributed by atoms with E-state index in [9.17, 15) is 22.8 Å². The van der Waals surface area contributed by atoms with E-state index in [0.29, 0.717) is 41.8 Å². The Morgan fingerprint density at radius 3 is 2.39 bits per heavy atom. The molecule has 1 saturated carbocycles. The monoisotopic (exact) mass is 559 g/mol. The second-order valence-electron chi connectivity index (χ2n) is 10.8. The third kappa shape index (κ3) is 6.47. The molecule has 4 aromatic rings. The Kier molecular flexibility index (Phi) is 8.20. The Hall–Kier alpha value is -4.07. The molecule has 0 N–H and O–H groups in total. The molecule has 0 atom stereocenters. The van der Waals surface area contributed by atoms with E-state index >= 15 is 0 Å². The lowest BCUT2D eigenvalue weighted by atomic mass is 9.90. The molecule has 1 amide bonds. The van der Waals surface area contributed by atoms with Gasteiger partial charge in [-0.1, -0.05) is 49.7 Å². The smallest absolute Gasteiger partial charge is 0.340 e. The first-order chi connectivity index (χ1) is 19.7. The van der Waals surface area contributed by atoms with Gasteiger partial charge in [0.2, 0.25) is 0 Å². The third-order valence-corrected chi connectivity index (χ3v) is 7.61. The van der Waals surface area contributed by atoms with Gasteiger partial charge >= 0.3 is 6.18 Å². The molecule has 5 rings (SSSR count). The van der Waals surface area contributed by atoms with Crippen molar-refractivity contribution in [2.45, 2.75) is 51.6 Å². The molecule has 2 aromatic heterocycles. The highest BCUT2D eigenvalue weighted by molar-refractivity contribution is 6.03. The number of hydrogen-bond acceptors (Lipinski definition) is 4. The summed E-state index contributed by atoms with van der Waals surface area (Å²) in [6, 6.07) is 15.0. The fraction of sp³-hybridized carbons (Fsp3) is 0.333. The molecule has 5 nitrogen and oxygen atoms in total. The van der Waals surface area contributed by atoms with Crippen molar-refractivity contribution in [3.8, 4) is 11.1 Å². The maximum absolute atomic E-state index is 14.3. The van der Waals surface area contributed by atoms with Crippen molar-refractivity contribution in [3.05, 3.63) is 94.9 Å². The van der Waals surface area contributed by atoms with Crippen molar-refractivity contribution in [1.82, 2.24) is 14.9 Å². The number of carbonyl (C=O) groups excluding carboxylic acids is 2. The standard InChI is InChI=1S/C33H32F3N3O2/c1-3-4-14-39(2)32(41)29-13-12-23(19-37-29)24-17-26-25(15-21-8-6-5-7-9-21)27(31(40)16-22-10-11-22)20-38-30(26)18-28(24)33(34,35)36/h5-9,12-13,17-20,22H,3-4,10-11,14-16H2,1-2H3. The van der Waals surface area contributed by atoms with Crippen LogP contribution in [-0.4, -0.2) is 40.2 Å². The van der Waals surface area contributed by atoms with Crippen LogP contribution in [0, 0.1) is 5.92 Å². The van der Waals surface area contributed by atoms with Crippen molar-refractivity contribution >= 4 is 22.6 Å². The minimum Gasteiger partial charge on any atom is -0.340 e. The van der Waals surface area contributed by atoms with E-state index in [0.717, 1.165) is 37.3 Å². The van der Waals surface area contributed by atoms with Gasteiger partial charge in [0.1, 0.15) is 5.69 Å². The van der Waals surface area contributed by atoms with E-state index < -0.39 is 11.7 Å². The van der Waals surface area contributed by atoms with Gasteiger partial charge in [0.25, 0.3) is 5.91 Å². The molecular weight excluding hydrogens is 527 g/mol. The average molecular weight is 560 g/mol. The Bertz CT molecular complexity index is 1560. The zero-order valence-corrected chi connectivity index (χ0v) is 23.2. The lowest BCUT2D eigenvalue weighted by Gasteiger charge is -2.18. The maximum Gasteiger partial charge on any atom is 0.417 e. The summed E-state index contributed by atoms with van der Waals surface area (Å²) >= 11 is 0. The molecule has 1 aliphatic carbocycles. The van der Waals surface area contributed by atoms with Crippen molar-refractivity contribution in [2.75, 3.05) is 13.6 Å². The molecule has 0 spiro atoms. The molecule has 2 heterocycles. The van der Waals surface area contributed by atoms with Crippen LogP contribution < -0.4 is 0 Å². The second-order valence-corrected chi connectivity index (χ2v) is 10.8. The summed E-state index contributed by atoms with van der Waals surface area (Å²) in [5.74, 6) is 0.0398. The minimum atomic E-state index is -4.65. The summed E-state index contributed by atoms with van der Waals surface area (Å²) < 4.78 is 43.0. The van der Waals surface area contributed by atoms with Crippen molar-refractivity contribution in [3.63, 3.8) is 0 Å². The molecule has 0 radical (unpaired) electrons. The molecule has 8 heteroatoms. The van der Waals surface area contributed by atoms with E-state index in [4.69, 9.17) is 0 Å². The SMILES string of the molecule is CCCCN(C)C(=O)c1ccc(-c2cc3c(Cc4ccccc4)c(C(=O)CC4CC4)cnc3cc2C(F)(F)F)cn1. The van der Waals surface area contributed by atoms with Crippen LogP contribution in [0.5, 0.6) is 0 Å². The maximum atomic E-state index is 14.3. The summed E-state index contributed by atoms with van der Waals surface area (Å²) in [5.41, 5.74) is 1.71. The number of nitrogens with zero attached hydrogens (tertiary/aromatic N) is 3. The lowest BCUT2D eigenvalue weighted by Crippen LogP contribution is -2.28. The van der Waals surface area contributed by atoms with Crippen LogP contribution in [0.15, 0.2) is 67.0 Å². The highest BCUT2D eigenvalue weighted by Gasteiger charge is 2.35. The highest BCUT2D eigenvalue weighted by atomic mass is 19.4. The van der Waals surface area contributed by atoms with Crippen LogP contribution in [0.2, 0.25) is 0 Å². The first-order valence-corrected chi connectivity index (χ1v) is 14.0. The van der Waals surface area contributed by atoms with Crippen molar-refractivity contribution < 1.29 is 22.8 Å². The van der Waals surface area contributed by atoms with Gasteiger partial charge in [-0.25, -0.2) is 0 Å². The van der Waals surface area contributed by atoms with Gasteiger partial charge in [-0.3, -0.25) is 19.6 Å². The van der Waals surface area contributed by atoms with Gasteiger partial charge in [0.15, 0.2) is 5.78 Å². The van der Waals surface area contributed by atoms with E-state index in [-0.39, 0.29) is 34.0 Å². The number of pyridine rings is 2. The van der Waals surface area contributed by atoms with E-state index in [1.807, 2.05) is 37.3 Å². The van der Waals surface area contributed by atoms with Gasteiger partial charge < -0.3 is 4.90 Å². The molecule has 2 aromatic carbocycles. The van der Waals surface area contributed by atoms with Crippen LogP contribution in [0.25, 0.3) is 22.0 Å². The summed E-state index contributed by atoms with van der Waals surface area (Å²) in [6.45, 7) is 2.60. The number of aromatic nitrogens is 2. The molecule has 212 valence electrons. The normalized spacial score (nSPS) is 13.4. The van der Waals surface area contributed by atoms with Crippen LogP contribution in [0.4, 0.5) is 13.2 Å². The van der Waals surface area contributed by atoms with Crippen molar-refractivity contribution in [1.29, 1.82) is 0 Å². The Morgan fingerprint density at radius 1 is 1.00 bits per heavy atom. The number of rotatable bonds is 10. The van der Waals surface area contributed by atoms with Crippen LogP contribution in [-0.2, 0) is 12.6 Å². The highest BCUT2D eigenvalue weighted by Crippen LogP contribution is 2.41. The van der Waals surface area contributed by atoms with Gasteiger partial charge in [-0.05, 0) is 66.5 Å². The number of Topliss-reactive ketones (excluding diaryl/α,β-unsaturated/α-hetero) is 1. The number of hydrogen-bond donors (Lipinski definition) is 0. The minimum absolute atomic E-state index is 0.0361. The van der Waals surface area contributed by atoms with Crippen molar-refractivity contribution in [2.24, 2.45) is 5.92 Å². The average Bonchev–Trinajstić information content (AvgIpc) is 3.79. The quantitative estimate of drug-likeness (QED) is 0.186. The summed E-state index contributed by atoms with van der Waals surface area (Å²) in [7, 11) is 1.68. The first kappa shape index (κ1) is 28.5. The zero-order valence-electron chi connectivity index (χ0n) is 23.2. The molecule has 41 heavy (non-hydrogen) atoms. The van der Waals surface area contributed by atoms with Gasteiger partial charge in [-0.15, -0.1) is 0 Å². The summed E-state index contributed by atoms with van der Waals surface area (Å²) in [6.07, 6.45) is 2.68. The van der Waals surface area contributed by atoms with Crippen LogP contribution in [0.3, 0.4) is 0 Å². The van der Waals surface area contributed by atoms with Gasteiger partial charge in [0, 0.05) is 48.9 Å². The first-order valence-electron chi connectivity index (χ1n) is 14.0. The second kappa shape index (κ2) is 11.8. The predicted octanol–water partition coefficient (Wildman–Crippen LogP) is 7.76.